The van der Waals surface area contributed by atoms with Gasteiger partial charge in [0.25, 0.3) is 5.91 Å². The molecule has 22 heavy (non-hydrogen) atoms. The Morgan fingerprint density at radius 3 is 3.14 bits per heavy atom. The Labute approximate surface area is 133 Å². The maximum Gasteiger partial charge on any atom is 0.261 e. The molecule has 1 aromatic heterocycles. The first-order valence-corrected chi connectivity index (χ1v) is 8.24. The Hall–Kier alpha value is -1.47. The molecule has 1 fully saturated rings. The van der Waals surface area contributed by atoms with Crippen LogP contribution in [-0.2, 0) is 9.47 Å². The van der Waals surface area contributed by atoms with Crippen LogP contribution >= 0.6 is 11.3 Å². The monoisotopic (exact) mass is 320 g/mol. The first kappa shape index (κ1) is 15.4. The zero-order valence-corrected chi connectivity index (χ0v) is 13.4. The van der Waals surface area contributed by atoms with Crippen molar-refractivity contribution in [2.24, 2.45) is 0 Å². The van der Waals surface area contributed by atoms with E-state index in [0.717, 1.165) is 33.6 Å². The molecule has 2 N–H and O–H groups in total. The number of hydrogen-bond acceptors (Lipinski definition) is 5. The van der Waals surface area contributed by atoms with E-state index in [0.29, 0.717) is 19.8 Å². The zero-order chi connectivity index (χ0) is 15.4. The van der Waals surface area contributed by atoms with Crippen LogP contribution in [0.4, 0.5) is 0 Å². The number of carbonyl (C=O) groups is 1. The number of fused-ring (bicyclic) bond motifs is 1. The lowest BCUT2D eigenvalue weighted by atomic mass is 10.0. The number of thiophene rings is 1. The highest BCUT2D eigenvalue weighted by molar-refractivity contribution is 7.21. The predicted molar refractivity (Wildman–Crippen MR) is 87.6 cm³/mol. The Bertz CT molecular complexity index is 650. The first-order valence-electron chi connectivity index (χ1n) is 7.42. The van der Waals surface area contributed by atoms with Gasteiger partial charge in [0, 0.05) is 37.0 Å². The third kappa shape index (κ3) is 3.15. The van der Waals surface area contributed by atoms with Crippen LogP contribution in [0.2, 0.25) is 0 Å². The molecule has 0 unspecified atom stereocenters. The highest BCUT2D eigenvalue weighted by Gasteiger charge is 2.26. The molecule has 0 bridgehead atoms. The molecule has 1 amide bonds. The summed E-state index contributed by atoms with van der Waals surface area (Å²) in [6, 6.07) is 8.10. The summed E-state index contributed by atoms with van der Waals surface area (Å²) in [5, 5.41) is 7.35. The molecule has 6 heteroatoms. The summed E-state index contributed by atoms with van der Waals surface area (Å²) in [6.07, 6.45) is -0.0759. The second kappa shape index (κ2) is 7.19. The van der Waals surface area contributed by atoms with E-state index in [1.807, 2.05) is 18.2 Å². The fourth-order valence-electron chi connectivity index (χ4n) is 2.65. The molecule has 1 aliphatic rings. The van der Waals surface area contributed by atoms with Gasteiger partial charge in [-0.2, -0.15) is 0 Å². The van der Waals surface area contributed by atoms with Crippen molar-refractivity contribution in [2.45, 2.75) is 6.10 Å². The van der Waals surface area contributed by atoms with Crippen molar-refractivity contribution < 1.29 is 14.3 Å². The molecule has 2 heterocycles. The SMILES string of the molecule is COCCNC(=O)c1sc2ccccc2c1[C@@H]1CNCCO1. The van der Waals surface area contributed by atoms with E-state index in [1.165, 1.54) is 11.3 Å². The summed E-state index contributed by atoms with van der Waals surface area (Å²) in [5.74, 6) is -0.0533. The van der Waals surface area contributed by atoms with Crippen LogP contribution in [0.15, 0.2) is 24.3 Å². The summed E-state index contributed by atoms with van der Waals surface area (Å²) in [7, 11) is 1.62. The average Bonchev–Trinajstić information content (AvgIpc) is 2.95. The minimum atomic E-state index is -0.0759. The van der Waals surface area contributed by atoms with Gasteiger partial charge in [-0.3, -0.25) is 4.79 Å². The molecule has 5 nitrogen and oxygen atoms in total. The fraction of sp³-hybridized carbons (Fsp3) is 0.438. The van der Waals surface area contributed by atoms with E-state index >= 15 is 0 Å². The van der Waals surface area contributed by atoms with Crippen molar-refractivity contribution in [3.05, 3.63) is 34.7 Å². The molecule has 1 saturated heterocycles. The van der Waals surface area contributed by atoms with Crippen molar-refractivity contribution >= 4 is 27.3 Å². The smallest absolute Gasteiger partial charge is 0.261 e. The average molecular weight is 320 g/mol. The number of amides is 1. The lowest BCUT2D eigenvalue weighted by Crippen LogP contribution is -2.34. The normalized spacial score (nSPS) is 18.5. The number of rotatable bonds is 5. The summed E-state index contributed by atoms with van der Waals surface area (Å²) in [5.41, 5.74) is 1.00. The van der Waals surface area contributed by atoms with Crippen LogP contribution in [-0.4, -0.2) is 45.9 Å². The fourth-order valence-corrected chi connectivity index (χ4v) is 3.82. The van der Waals surface area contributed by atoms with Gasteiger partial charge in [-0.1, -0.05) is 18.2 Å². The first-order chi connectivity index (χ1) is 10.8. The predicted octanol–water partition coefficient (Wildman–Crippen LogP) is 1.94. The molecule has 0 aliphatic carbocycles. The van der Waals surface area contributed by atoms with Gasteiger partial charge in [-0.15, -0.1) is 11.3 Å². The van der Waals surface area contributed by atoms with E-state index in [2.05, 4.69) is 16.7 Å². The lowest BCUT2D eigenvalue weighted by Gasteiger charge is -2.24. The second-order valence-corrected chi connectivity index (χ2v) is 6.21. The minimum Gasteiger partial charge on any atom is -0.383 e. The van der Waals surface area contributed by atoms with Gasteiger partial charge >= 0.3 is 0 Å². The summed E-state index contributed by atoms with van der Waals surface area (Å²) in [6.45, 7) is 3.27. The molecule has 3 rings (SSSR count). The van der Waals surface area contributed by atoms with Crippen molar-refractivity contribution in [2.75, 3.05) is 40.0 Å². The lowest BCUT2D eigenvalue weighted by molar-refractivity contribution is 0.0282. The zero-order valence-electron chi connectivity index (χ0n) is 12.6. The Balaban J connectivity index is 1.95. The van der Waals surface area contributed by atoms with Gasteiger partial charge in [0.2, 0.25) is 0 Å². The van der Waals surface area contributed by atoms with Crippen LogP contribution in [0.1, 0.15) is 21.3 Å². The van der Waals surface area contributed by atoms with Crippen molar-refractivity contribution in [1.82, 2.24) is 10.6 Å². The number of nitrogens with one attached hydrogen (secondary N) is 2. The van der Waals surface area contributed by atoms with Gasteiger partial charge in [-0.05, 0) is 11.5 Å². The Morgan fingerprint density at radius 1 is 1.50 bits per heavy atom. The maximum atomic E-state index is 12.5. The second-order valence-electron chi connectivity index (χ2n) is 5.15. The van der Waals surface area contributed by atoms with Crippen LogP contribution in [0.25, 0.3) is 10.1 Å². The quantitative estimate of drug-likeness (QED) is 0.827. The number of benzene rings is 1. The van der Waals surface area contributed by atoms with Gasteiger partial charge in [0.1, 0.15) is 0 Å². The summed E-state index contributed by atoms with van der Waals surface area (Å²) >= 11 is 1.52. The Morgan fingerprint density at radius 2 is 2.36 bits per heavy atom. The maximum absolute atomic E-state index is 12.5. The number of hydrogen-bond donors (Lipinski definition) is 2. The molecule has 0 radical (unpaired) electrons. The summed E-state index contributed by atoms with van der Waals surface area (Å²) < 4.78 is 12.0. The Kier molecular flexibility index (Phi) is 5.04. The van der Waals surface area contributed by atoms with Gasteiger partial charge in [-0.25, -0.2) is 0 Å². The van der Waals surface area contributed by atoms with Crippen LogP contribution < -0.4 is 10.6 Å². The third-order valence-electron chi connectivity index (χ3n) is 3.68. The highest BCUT2D eigenvalue weighted by atomic mass is 32.1. The van der Waals surface area contributed by atoms with E-state index in [1.54, 1.807) is 7.11 Å². The highest BCUT2D eigenvalue weighted by Crippen LogP contribution is 2.37. The molecule has 1 aromatic carbocycles. The topological polar surface area (TPSA) is 59.6 Å². The van der Waals surface area contributed by atoms with E-state index < -0.39 is 0 Å². The van der Waals surface area contributed by atoms with E-state index in [9.17, 15) is 4.79 Å². The van der Waals surface area contributed by atoms with Crippen LogP contribution in [0, 0.1) is 0 Å². The van der Waals surface area contributed by atoms with Gasteiger partial charge < -0.3 is 20.1 Å². The molecule has 2 aromatic rings. The molecular formula is C16H20N2O3S. The minimum absolute atomic E-state index is 0.0533. The number of ether oxygens (including phenoxy) is 2. The number of morpholine rings is 1. The largest absolute Gasteiger partial charge is 0.383 e. The van der Waals surface area contributed by atoms with Crippen LogP contribution in [0.5, 0.6) is 0 Å². The molecule has 0 saturated carbocycles. The molecular weight excluding hydrogens is 300 g/mol. The van der Waals surface area contributed by atoms with Crippen LogP contribution in [0.3, 0.4) is 0 Å². The summed E-state index contributed by atoms with van der Waals surface area (Å²) in [4.78, 5) is 13.3. The standard InChI is InChI=1S/C16H20N2O3S/c1-20-8-7-18-16(19)15-14(12-10-17-6-9-21-12)11-4-2-3-5-13(11)22-15/h2-5,12,17H,6-10H2,1H3,(H,18,19)/t12-/m0/s1. The van der Waals surface area contributed by atoms with E-state index in [-0.39, 0.29) is 12.0 Å². The van der Waals surface area contributed by atoms with Gasteiger partial charge in [0.15, 0.2) is 0 Å². The van der Waals surface area contributed by atoms with Crippen molar-refractivity contribution in [3.8, 4) is 0 Å². The van der Waals surface area contributed by atoms with E-state index in [4.69, 9.17) is 9.47 Å². The van der Waals surface area contributed by atoms with Gasteiger partial charge in [0.05, 0.1) is 24.2 Å². The number of methoxy groups -OCH3 is 1. The molecule has 118 valence electrons. The number of carbonyl (C=O) groups excluding carboxylic acids is 1. The molecule has 0 spiro atoms. The van der Waals surface area contributed by atoms with Crippen molar-refractivity contribution in [1.29, 1.82) is 0 Å². The molecule has 1 aliphatic heterocycles. The third-order valence-corrected chi connectivity index (χ3v) is 4.87. The van der Waals surface area contributed by atoms with Crippen molar-refractivity contribution in [3.63, 3.8) is 0 Å². The molecule has 1 atom stereocenters.